The van der Waals surface area contributed by atoms with Gasteiger partial charge in [-0.1, -0.05) is 29.8 Å². The van der Waals surface area contributed by atoms with Crippen LogP contribution in [0.5, 0.6) is 0 Å². The van der Waals surface area contributed by atoms with Crippen molar-refractivity contribution in [2.75, 3.05) is 18.0 Å². The Balaban J connectivity index is 1.80. The standard InChI is InChI=1S/C20H23FN2O2/c1-15-2-8-18(9-3-15)23(14-16-4-6-17(21)7-5-16)19-10-12-22(13-11-19)20(24)25/h2-9,19H,10-14H2,1H3,(H,24,25). The molecule has 1 saturated heterocycles. The maximum Gasteiger partial charge on any atom is 0.407 e. The number of amides is 1. The summed E-state index contributed by atoms with van der Waals surface area (Å²) in [4.78, 5) is 14.9. The molecule has 2 aromatic carbocycles. The fraction of sp³-hybridized carbons (Fsp3) is 0.350. The molecule has 1 heterocycles. The van der Waals surface area contributed by atoms with Gasteiger partial charge in [0.15, 0.2) is 0 Å². The van der Waals surface area contributed by atoms with Gasteiger partial charge in [-0.05, 0) is 49.6 Å². The molecule has 0 aromatic heterocycles. The highest BCUT2D eigenvalue weighted by atomic mass is 19.1. The number of halogens is 1. The molecule has 4 nitrogen and oxygen atoms in total. The fourth-order valence-electron chi connectivity index (χ4n) is 3.32. The Morgan fingerprint density at radius 1 is 1.12 bits per heavy atom. The molecular weight excluding hydrogens is 319 g/mol. The van der Waals surface area contributed by atoms with Crippen LogP contribution in [0.2, 0.25) is 0 Å². The van der Waals surface area contributed by atoms with Gasteiger partial charge in [0.25, 0.3) is 0 Å². The fourth-order valence-corrected chi connectivity index (χ4v) is 3.32. The first-order chi connectivity index (χ1) is 12.0. The number of aryl methyl sites for hydroxylation is 1. The van der Waals surface area contributed by atoms with Crippen LogP contribution in [0.1, 0.15) is 24.0 Å². The van der Waals surface area contributed by atoms with Gasteiger partial charge in [0, 0.05) is 31.4 Å². The molecule has 5 heteroatoms. The number of carbonyl (C=O) groups is 1. The summed E-state index contributed by atoms with van der Waals surface area (Å²) in [6.07, 6.45) is 0.738. The Labute approximate surface area is 147 Å². The SMILES string of the molecule is Cc1ccc(N(Cc2ccc(F)cc2)C2CCN(C(=O)O)CC2)cc1. The summed E-state index contributed by atoms with van der Waals surface area (Å²) in [5.74, 6) is -0.236. The monoisotopic (exact) mass is 342 g/mol. The van der Waals surface area contributed by atoms with Crippen molar-refractivity contribution in [1.29, 1.82) is 0 Å². The van der Waals surface area contributed by atoms with Gasteiger partial charge in [0.1, 0.15) is 5.82 Å². The third kappa shape index (κ3) is 4.29. The second-order valence-electron chi connectivity index (χ2n) is 6.59. The summed E-state index contributed by atoms with van der Waals surface area (Å²) in [6.45, 7) is 3.83. The predicted octanol–water partition coefficient (Wildman–Crippen LogP) is 4.28. The summed E-state index contributed by atoms with van der Waals surface area (Å²) in [7, 11) is 0. The number of piperidine rings is 1. The van der Waals surface area contributed by atoms with E-state index in [0.29, 0.717) is 19.6 Å². The van der Waals surface area contributed by atoms with Crippen molar-refractivity contribution in [2.45, 2.75) is 32.4 Å². The molecule has 0 unspecified atom stereocenters. The summed E-state index contributed by atoms with van der Waals surface area (Å²) < 4.78 is 13.2. The minimum atomic E-state index is -0.848. The van der Waals surface area contributed by atoms with E-state index in [2.05, 4.69) is 36.1 Å². The summed E-state index contributed by atoms with van der Waals surface area (Å²) >= 11 is 0. The Kier molecular flexibility index (Phi) is 5.22. The van der Waals surface area contributed by atoms with Crippen LogP contribution in [-0.2, 0) is 6.54 Å². The van der Waals surface area contributed by atoms with Crippen molar-refractivity contribution in [1.82, 2.24) is 4.90 Å². The van der Waals surface area contributed by atoms with Crippen LogP contribution in [0.4, 0.5) is 14.9 Å². The number of anilines is 1. The van der Waals surface area contributed by atoms with Crippen molar-refractivity contribution in [3.8, 4) is 0 Å². The lowest BCUT2D eigenvalue weighted by atomic mass is 10.0. The molecule has 1 N–H and O–H groups in total. The third-order valence-electron chi connectivity index (χ3n) is 4.81. The Morgan fingerprint density at radius 2 is 1.72 bits per heavy atom. The zero-order valence-corrected chi connectivity index (χ0v) is 14.4. The first-order valence-electron chi connectivity index (χ1n) is 8.58. The molecule has 0 aliphatic carbocycles. The van der Waals surface area contributed by atoms with E-state index in [4.69, 9.17) is 5.11 Å². The van der Waals surface area contributed by atoms with Crippen molar-refractivity contribution >= 4 is 11.8 Å². The van der Waals surface area contributed by atoms with Crippen LogP contribution < -0.4 is 4.90 Å². The quantitative estimate of drug-likeness (QED) is 0.902. The van der Waals surface area contributed by atoms with Crippen LogP contribution in [-0.4, -0.2) is 35.2 Å². The van der Waals surface area contributed by atoms with Gasteiger partial charge in [0.2, 0.25) is 0 Å². The number of hydrogen-bond acceptors (Lipinski definition) is 2. The Morgan fingerprint density at radius 3 is 2.28 bits per heavy atom. The third-order valence-corrected chi connectivity index (χ3v) is 4.81. The number of likely N-dealkylation sites (tertiary alicyclic amines) is 1. The van der Waals surface area contributed by atoms with E-state index >= 15 is 0 Å². The minimum absolute atomic E-state index is 0.236. The minimum Gasteiger partial charge on any atom is -0.465 e. The van der Waals surface area contributed by atoms with E-state index in [-0.39, 0.29) is 11.9 Å². The van der Waals surface area contributed by atoms with Gasteiger partial charge < -0.3 is 14.9 Å². The molecule has 3 rings (SSSR count). The Hall–Kier alpha value is -2.56. The average molecular weight is 342 g/mol. The lowest BCUT2D eigenvalue weighted by molar-refractivity contribution is 0.131. The van der Waals surface area contributed by atoms with Gasteiger partial charge in [-0.2, -0.15) is 0 Å². The largest absolute Gasteiger partial charge is 0.465 e. The molecule has 2 aromatic rings. The molecule has 0 bridgehead atoms. The van der Waals surface area contributed by atoms with E-state index in [0.717, 1.165) is 24.1 Å². The molecule has 0 saturated carbocycles. The van der Waals surface area contributed by atoms with Crippen molar-refractivity contribution in [3.05, 3.63) is 65.5 Å². The maximum absolute atomic E-state index is 13.2. The lowest BCUT2D eigenvalue weighted by Crippen LogP contribution is -2.46. The molecule has 25 heavy (non-hydrogen) atoms. The van der Waals surface area contributed by atoms with Gasteiger partial charge >= 0.3 is 6.09 Å². The zero-order chi connectivity index (χ0) is 17.8. The second-order valence-corrected chi connectivity index (χ2v) is 6.59. The highest BCUT2D eigenvalue weighted by Gasteiger charge is 2.27. The summed E-state index contributed by atoms with van der Waals surface area (Å²) in [5.41, 5.74) is 3.36. The van der Waals surface area contributed by atoms with Crippen LogP contribution in [0.3, 0.4) is 0 Å². The van der Waals surface area contributed by atoms with Gasteiger partial charge in [-0.3, -0.25) is 0 Å². The summed E-state index contributed by atoms with van der Waals surface area (Å²) in [5, 5.41) is 9.15. The number of benzene rings is 2. The molecule has 0 radical (unpaired) electrons. The van der Waals surface area contributed by atoms with Crippen LogP contribution in [0.25, 0.3) is 0 Å². The van der Waals surface area contributed by atoms with Gasteiger partial charge in [0.05, 0.1) is 0 Å². The molecule has 1 amide bonds. The number of carboxylic acid groups (broad SMARTS) is 1. The number of rotatable bonds is 4. The normalized spacial score (nSPS) is 15.2. The van der Waals surface area contributed by atoms with E-state index in [1.54, 1.807) is 0 Å². The van der Waals surface area contributed by atoms with Gasteiger partial charge in [-0.15, -0.1) is 0 Å². The molecule has 0 spiro atoms. The highest BCUT2D eigenvalue weighted by molar-refractivity contribution is 5.65. The van der Waals surface area contributed by atoms with E-state index in [9.17, 15) is 9.18 Å². The molecule has 1 fully saturated rings. The first-order valence-corrected chi connectivity index (χ1v) is 8.58. The molecule has 1 aliphatic heterocycles. The van der Waals surface area contributed by atoms with Crippen molar-refractivity contribution in [3.63, 3.8) is 0 Å². The summed E-state index contributed by atoms with van der Waals surface area (Å²) in [6, 6.07) is 15.2. The van der Waals surface area contributed by atoms with Crippen LogP contribution >= 0.6 is 0 Å². The van der Waals surface area contributed by atoms with Crippen LogP contribution in [0, 0.1) is 12.7 Å². The zero-order valence-electron chi connectivity index (χ0n) is 14.4. The second kappa shape index (κ2) is 7.55. The number of hydrogen-bond donors (Lipinski definition) is 1. The van der Waals surface area contributed by atoms with E-state index < -0.39 is 6.09 Å². The maximum atomic E-state index is 13.2. The molecule has 1 aliphatic rings. The Bertz CT molecular complexity index is 707. The molecule has 132 valence electrons. The first kappa shape index (κ1) is 17.3. The number of nitrogens with zero attached hydrogens (tertiary/aromatic N) is 2. The predicted molar refractivity (Wildman–Crippen MR) is 96.4 cm³/mol. The van der Waals surface area contributed by atoms with E-state index in [1.807, 2.05) is 12.1 Å². The van der Waals surface area contributed by atoms with Gasteiger partial charge in [-0.25, -0.2) is 9.18 Å². The molecule has 0 atom stereocenters. The van der Waals surface area contributed by atoms with Crippen molar-refractivity contribution in [2.24, 2.45) is 0 Å². The van der Waals surface area contributed by atoms with E-state index in [1.165, 1.54) is 22.6 Å². The smallest absolute Gasteiger partial charge is 0.407 e. The highest BCUT2D eigenvalue weighted by Crippen LogP contribution is 2.26. The molecular formula is C20H23FN2O2. The van der Waals surface area contributed by atoms with Crippen molar-refractivity contribution < 1.29 is 14.3 Å². The average Bonchev–Trinajstić information content (AvgIpc) is 2.62. The van der Waals surface area contributed by atoms with Crippen LogP contribution in [0.15, 0.2) is 48.5 Å². The topological polar surface area (TPSA) is 43.8 Å². The lowest BCUT2D eigenvalue weighted by Gasteiger charge is -2.39.